The largest absolute Gasteiger partial charge is 0.480 e. The molecule has 4 amide bonds. The Hall–Kier alpha value is -3.16. The van der Waals surface area contributed by atoms with Crippen LogP contribution in [-0.2, 0) is 30.4 Å². The lowest BCUT2D eigenvalue weighted by atomic mass is 10.0. The molecule has 0 spiro atoms. The fourth-order valence-electron chi connectivity index (χ4n) is 2.97. The number of thioether (sulfide) groups is 1. The molecular weight excluding hydrogens is 478 g/mol. The molecule has 194 valence electrons. The van der Waals surface area contributed by atoms with Crippen LogP contribution in [-0.4, -0.2) is 89.1 Å². The number of benzene rings is 1. The van der Waals surface area contributed by atoms with Gasteiger partial charge in [0.25, 0.3) is 0 Å². The highest BCUT2D eigenvalue weighted by Crippen LogP contribution is 2.07. The van der Waals surface area contributed by atoms with Crippen LogP contribution in [0.1, 0.15) is 18.9 Å². The van der Waals surface area contributed by atoms with Crippen molar-refractivity contribution in [3.8, 4) is 0 Å². The summed E-state index contributed by atoms with van der Waals surface area (Å²) in [6, 6.07) is 5.11. The van der Waals surface area contributed by atoms with E-state index >= 15 is 0 Å². The Kier molecular flexibility index (Phi) is 13.4. The van der Waals surface area contributed by atoms with Gasteiger partial charge in [0.2, 0.25) is 23.6 Å². The highest BCUT2D eigenvalue weighted by Gasteiger charge is 2.31. The summed E-state index contributed by atoms with van der Waals surface area (Å²) < 4.78 is 0. The van der Waals surface area contributed by atoms with Crippen molar-refractivity contribution in [3.05, 3.63) is 35.9 Å². The predicted molar refractivity (Wildman–Crippen MR) is 130 cm³/mol. The van der Waals surface area contributed by atoms with Gasteiger partial charge in [-0.25, -0.2) is 4.79 Å². The minimum absolute atomic E-state index is 0.103. The molecule has 13 heteroatoms. The van der Waals surface area contributed by atoms with Crippen molar-refractivity contribution < 1.29 is 34.2 Å². The second kappa shape index (κ2) is 15.7. The number of aliphatic hydroxyl groups is 1. The van der Waals surface area contributed by atoms with Gasteiger partial charge in [0.1, 0.15) is 12.1 Å². The molecule has 0 unspecified atom stereocenters. The van der Waals surface area contributed by atoms with Crippen LogP contribution in [0.2, 0.25) is 0 Å². The lowest BCUT2D eigenvalue weighted by Crippen LogP contribution is -2.58. The van der Waals surface area contributed by atoms with Crippen molar-refractivity contribution in [2.24, 2.45) is 5.73 Å². The molecule has 4 atom stereocenters. The molecule has 0 aliphatic rings. The molecule has 0 saturated heterocycles. The molecule has 8 N–H and O–H groups in total. The Bertz CT molecular complexity index is 869. The van der Waals surface area contributed by atoms with Crippen LogP contribution in [0.15, 0.2) is 30.3 Å². The molecule has 0 heterocycles. The number of carboxylic acid groups (broad SMARTS) is 1. The average molecular weight is 512 g/mol. The maximum atomic E-state index is 13.1. The van der Waals surface area contributed by atoms with E-state index in [0.717, 1.165) is 5.56 Å². The number of hydrogen-bond acceptors (Lipinski definition) is 8. The summed E-state index contributed by atoms with van der Waals surface area (Å²) in [4.78, 5) is 60.9. The SMILES string of the molecule is CSCC[C@H](NC(=O)[C@H](Cc1ccccc1)NC(=O)CNC(=O)CN)C(=O)N[C@H](C(=O)O)[C@@H](C)O. The number of hydrogen-bond donors (Lipinski definition) is 7. The Morgan fingerprint density at radius 3 is 2.14 bits per heavy atom. The van der Waals surface area contributed by atoms with Crippen LogP contribution in [0.4, 0.5) is 0 Å². The van der Waals surface area contributed by atoms with Gasteiger partial charge in [-0.3, -0.25) is 19.2 Å². The first kappa shape index (κ1) is 29.9. The van der Waals surface area contributed by atoms with E-state index in [9.17, 15) is 34.2 Å². The third kappa shape index (κ3) is 11.2. The Balaban J connectivity index is 3.02. The molecule has 0 aliphatic carbocycles. The molecule has 0 fully saturated rings. The van der Waals surface area contributed by atoms with Gasteiger partial charge in [0, 0.05) is 6.42 Å². The van der Waals surface area contributed by atoms with Gasteiger partial charge < -0.3 is 37.2 Å². The van der Waals surface area contributed by atoms with Gasteiger partial charge in [-0.05, 0) is 30.9 Å². The molecule has 0 aromatic heterocycles. The molecular formula is C22H33N5O7S. The van der Waals surface area contributed by atoms with E-state index in [-0.39, 0.29) is 25.9 Å². The van der Waals surface area contributed by atoms with Gasteiger partial charge in [0.15, 0.2) is 6.04 Å². The van der Waals surface area contributed by atoms with E-state index in [4.69, 9.17) is 5.73 Å². The number of nitrogens with one attached hydrogen (secondary N) is 4. The van der Waals surface area contributed by atoms with Crippen molar-refractivity contribution in [3.63, 3.8) is 0 Å². The lowest BCUT2D eigenvalue weighted by Gasteiger charge is -2.25. The number of aliphatic carboxylic acids is 1. The first-order chi connectivity index (χ1) is 16.6. The Labute approximate surface area is 207 Å². The quantitative estimate of drug-likeness (QED) is 0.139. The van der Waals surface area contributed by atoms with Crippen LogP contribution in [0.3, 0.4) is 0 Å². The van der Waals surface area contributed by atoms with E-state index in [1.807, 2.05) is 0 Å². The summed E-state index contributed by atoms with van der Waals surface area (Å²) in [6.45, 7) is 0.542. The normalized spacial score (nSPS) is 14.1. The molecule has 0 saturated carbocycles. The van der Waals surface area contributed by atoms with E-state index < -0.39 is 53.8 Å². The van der Waals surface area contributed by atoms with Crippen molar-refractivity contribution in [2.45, 2.75) is 44.0 Å². The van der Waals surface area contributed by atoms with Crippen molar-refractivity contribution in [1.82, 2.24) is 21.3 Å². The minimum atomic E-state index is -1.55. The highest BCUT2D eigenvalue weighted by atomic mass is 32.2. The third-order valence-electron chi connectivity index (χ3n) is 4.86. The van der Waals surface area contributed by atoms with Gasteiger partial charge in [-0.1, -0.05) is 30.3 Å². The third-order valence-corrected chi connectivity index (χ3v) is 5.50. The molecule has 35 heavy (non-hydrogen) atoms. The zero-order valence-electron chi connectivity index (χ0n) is 19.7. The van der Waals surface area contributed by atoms with Crippen molar-refractivity contribution >= 4 is 41.4 Å². The molecule has 0 bridgehead atoms. The topological polar surface area (TPSA) is 200 Å². The molecule has 12 nitrogen and oxygen atoms in total. The summed E-state index contributed by atoms with van der Waals surface area (Å²) in [7, 11) is 0. The van der Waals surface area contributed by atoms with Crippen molar-refractivity contribution in [2.75, 3.05) is 25.1 Å². The molecule has 0 radical (unpaired) electrons. The van der Waals surface area contributed by atoms with Crippen LogP contribution < -0.4 is 27.0 Å². The number of amides is 4. The predicted octanol–water partition coefficient (Wildman–Crippen LogP) is -2.02. The standard InChI is InChI=1S/C22H33N5O7S/c1-13(28)19(22(33)34)27-20(31)15(8-9-35-2)26-21(32)16(10-14-6-4-3-5-7-14)25-18(30)12-24-17(29)11-23/h3-7,13,15-16,19,28H,8-12,23H2,1-2H3,(H,24,29)(H,25,30)(H,26,32)(H,27,31)(H,33,34)/t13-,15+,16+,19+/m1/s1. The van der Waals surface area contributed by atoms with Gasteiger partial charge >= 0.3 is 5.97 Å². The smallest absolute Gasteiger partial charge is 0.328 e. The first-order valence-electron chi connectivity index (χ1n) is 10.9. The van der Waals surface area contributed by atoms with E-state index in [1.54, 1.807) is 36.6 Å². The average Bonchev–Trinajstić information content (AvgIpc) is 2.82. The lowest BCUT2D eigenvalue weighted by molar-refractivity contribution is -0.145. The fraction of sp³-hybridized carbons (Fsp3) is 0.500. The van der Waals surface area contributed by atoms with Crippen LogP contribution >= 0.6 is 11.8 Å². The number of carbonyl (C=O) groups excluding carboxylic acids is 4. The summed E-state index contributed by atoms with van der Waals surface area (Å²) in [5.74, 6) is -3.56. The number of aliphatic hydroxyl groups excluding tert-OH is 1. The first-order valence-corrected chi connectivity index (χ1v) is 12.3. The highest BCUT2D eigenvalue weighted by molar-refractivity contribution is 7.98. The molecule has 0 aliphatic heterocycles. The molecule has 1 aromatic carbocycles. The maximum Gasteiger partial charge on any atom is 0.328 e. The fourth-order valence-corrected chi connectivity index (χ4v) is 3.45. The van der Waals surface area contributed by atoms with E-state index in [0.29, 0.717) is 5.75 Å². The van der Waals surface area contributed by atoms with Gasteiger partial charge in [-0.2, -0.15) is 11.8 Å². The maximum absolute atomic E-state index is 13.1. The second-order valence-corrected chi connectivity index (χ2v) is 8.68. The number of carbonyl (C=O) groups is 5. The second-order valence-electron chi connectivity index (χ2n) is 7.70. The number of rotatable bonds is 15. The van der Waals surface area contributed by atoms with E-state index in [1.165, 1.54) is 18.7 Å². The van der Waals surface area contributed by atoms with Crippen LogP contribution in [0.5, 0.6) is 0 Å². The molecule has 1 aromatic rings. The summed E-state index contributed by atoms with van der Waals surface area (Å²) >= 11 is 1.42. The summed E-state index contributed by atoms with van der Waals surface area (Å²) in [6.07, 6.45) is 0.734. The minimum Gasteiger partial charge on any atom is -0.480 e. The number of nitrogens with two attached hydrogens (primary N) is 1. The van der Waals surface area contributed by atoms with Gasteiger partial charge in [0.05, 0.1) is 19.2 Å². The van der Waals surface area contributed by atoms with E-state index in [2.05, 4.69) is 21.3 Å². The Morgan fingerprint density at radius 1 is 0.971 bits per heavy atom. The summed E-state index contributed by atoms with van der Waals surface area (Å²) in [5, 5.41) is 28.6. The molecule has 1 rings (SSSR count). The number of carboxylic acids is 1. The Morgan fingerprint density at radius 2 is 1.60 bits per heavy atom. The zero-order chi connectivity index (χ0) is 26.4. The van der Waals surface area contributed by atoms with Crippen LogP contribution in [0, 0.1) is 0 Å². The van der Waals surface area contributed by atoms with Crippen LogP contribution in [0.25, 0.3) is 0 Å². The van der Waals surface area contributed by atoms with Gasteiger partial charge in [-0.15, -0.1) is 0 Å². The monoisotopic (exact) mass is 511 g/mol. The van der Waals surface area contributed by atoms with Crippen molar-refractivity contribution in [1.29, 1.82) is 0 Å². The zero-order valence-corrected chi connectivity index (χ0v) is 20.5. The summed E-state index contributed by atoms with van der Waals surface area (Å²) in [5.41, 5.74) is 5.94.